The number of carbonyl (C=O) groups is 1. The lowest BCUT2D eigenvalue weighted by molar-refractivity contribution is 0.103. The molecule has 1 atom stereocenters. The SMILES string of the molecule is Cc1ccccc1-c1csc(NC(=O)c2cnc([C@@H](C)O)s2)n1. The maximum Gasteiger partial charge on any atom is 0.269 e. The molecule has 0 aliphatic heterocycles. The van der Waals surface area contributed by atoms with E-state index < -0.39 is 6.10 Å². The van der Waals surface area contributed by atoms with Gasteiger partial charge >= 0.3 is 0 Å². The van der Waals surface area contributed by atoms with Gasteiger partial charge in [0.15, 0.2) is 5.13 Å². The van der Waals surface area contributed by atoms with E-state index in [4.69, 9.17) is 0 Å². The summed E-state index contributed by atoms with van der Waals surface area (Å²) in [6, 6.07) is 7.99. The van der Waals surface area contributed by atoms with Crippen molar-refractivity contribution in [3.05, 3.63) is 51.3 Å². The molecule has 0 spiro atoms. The van der Waals surface area contributed by atoms with E-state index in [0.717, 1.165) is 16.8 Å². The number of amides is 1. The van der Waals surface area contributed by atoms with E-state index in [-0.39, 0.29) is 5.91 Å². The van der Waals surface area contributed by atoms with Gasteiger partial charge in [-0.25, -0.2) is 9.97 Å². The number of thiazole rings is 2. The Morgan fingerprint density at radius 3 is 2.83 bits per heavy atom. The maximum atomic E-state index is 12.2. The Bertz CT molecular complexity index is 839. The fourth-order valence-electron chi connectivity index (χ4n) is 2.06. The third kappa shape index (κ3) is 3.47. The van der Waals surface area contributed by atoms with E-state index in [1.165, 1.54) is 28.9 Å². The maximum absolute atomic E-state index is 12.2. The molecule has 2 aromatic heterocycles. The molecule has 7 heteroatoms. The molecule has 0 fully saturated rings. The standard InChI is InChI=1S/C16H15N3O2S2/c1-9-5-3-4-6-11(9)12-8-22-16(18-12)19-14(21)13-7-17-15(23-13)10(2)20/h3-8,10,20H,1-2H3,(H,18,19,21)/t10-/m1/s1. The van der Waals surface area contributed by atoms with Gasteiger partial charge in [-0.2, -0.15) is 0 Å². The van der Waals surface area contributed by atoms with Crippen LogP contribution in [-0.4, -0.2) is 21.0 Å². The number of aromatic nitrogens is 2. The number of hydrogen-bond donors (Lipinski definition) is 2. The van der Waals surface area contributed by atoms with Gasteiger partial charge in [0.2, 0.25) is 0 Å². The van der Waals surface area contributed by atoms with Crippen LogP contribution in [0.4, 0.5) is 5.13 Å². The number of nitrogens with zero attached hydrogens (tertiary/aromatic N) is 2. The number of hydrogen-bond acceptors (Lipinski definition) is 6. The Morgan fingerprint density at radius 1 is 1.35 bits per heavy atom. The van der Waals surface area contributed by atoms with E-state index in [0.29, 0.717) is 15.0 Å². The molecular formula is C16H15N3O2S2. The van der Waals surface area contributed by atoms with Gasteiger partial charge in [-0.3, -0.25) is 10.1 Å². The predicted molar refractivity (Wildman–Crippen MR) is 93.0 cm³/mol. The van der Waals surface area contributed by atoms with Crippen LogP contribution in [-0.2, 0) is 0 Å². The van der Waals surface area contributed by atoms with Crippen molar-refractivity contribution in [1.82, 2.24) is 9.97 Å². The van der Waals surface area contributed by atoms with Gasteiger partial charge in [0.1, 0.15) is 16.0 Å². The second-order valence-corrected chi connectivity index (χ2v) is 6.97. The van der Waals surface area contributed by atoms with Crippen LogP contribution >= 0.6 is 22.7 Å². The Morgan fingerprint density at radius 2 is 2.13 bits per heavy atom. The molecule has 0 aliphatic rings. The molecule has 0 saturated heterocycles. The Labute approximate surface area is 141 Å². The summed E-state index contributed by atoms with van der Waals surface area (Å²) in [4.78, 5) is 21.2. The molecule has 2 heterocycles. The first-order valence-electron chi connectivity index (χ1n) is 7.01. The van der Waals surface area contributed by atoms with Crippen molar-refractivity contribution < 1.29 is 9.90 Å². The summed E-state index contributed by atoms with van der Waals surface area (Å²) in [7, 11) is 0. The Hall–Kier alpha value is -2.09. The lowest BCUT2D eigenvalue weighted by Gasteiger charge is -2.01. The van der Waals surface area contributed by atoms with Crippen molar-refractivity contribution in [2.75, 3.05) is 5.32 Å². The highest BCUT2D eigenvalue weighted by Crippen LogP contribution is 2.28. The average molecular weight is 345 g/mol. The average Bonchev–Trinajstić information content (AvgIpc) is 3.16. The van der Waals surface area contributed by atoms with E-state index in [1.807, 2.05) is 36.6 Å². The van der Waals surface area contributed by atoms with Gasteiger partial charge in [0.05, 0.1) is 11.9 Å². The minimum absolute atomic E-state index is 0.264. The minimum atomic E-state index is -0.672. The molecule has 1 aromatic carbocycles. The zero-order valence-electron chi connectivity index (χ0n) is 12.6. The van der Waals surface area contributed by atoms with Crippen molar-refractivity contribution in [3.8, 4) is 11.3 Å². The number of rotatable bonds is 4. The van der Waals surface area contributed by atoms with E-state index in [9.17, 15) is 9.90 Å². The van der Waals surface area contributed by atoms with Crippen LogP contribution in [0.15, 0.2) is 35.8 Å². The lowest BCUT2D eigenvalue weighted by Crippen LogP contribution is -2.09. The fraction of sp³-hybridized carbons (Fsp3) is 0.188. The monoisotopic (exact) mass is 345 g/mol. The summed E-state index contributed by atoms with van der Waals surface area (Å²) in [6.45, 7) is 3.65. The van der Waals surface area contributed by atoms with Crippen molar-refractivity contribution >= 4 is 33.7 Å². The van der Waals surface area contributed by atoms with Gasteiger partial charge in [0.25, 0.3) is 5.91 Å². The molecule has 0 aliphatic carbocycles. The first kappa shape index (κ1) is 15.8. The number of aryl methyl sites for hydroxylation is 1. The lowest BCUT2D eigenvalue weighted by atomic mass is 10.1. The summed E-state index contributed by atoms with van der Waals surface area (Å²) in [6.07, 6.45) is 0.798. The quantitative estimate of drug-likeness (QED) is 0.752. The van der Waals surface area contributed by atoms with Crippen molar-refractivity contribution in [3.63, 3.8) is 0 Å². The van der Waals surface area contributed by atoms with Crippen molar-refractivity contribution in [1.29, 1.82) is 0 Å². The molecule has 118 valence electrons. The highest BCUT2D eigenvalue weighted by Gasteiger charge is 2.15. The molecule has 5 nitrogen and oxygen atoms in total. The number of aliphatic hydroxyl groups excluding tert-OH is 1. The van der Waals surface area contributed by atoms with Crippen LogP contribution in [0.1, 0.15) is 33.3 Å². The minimum Gasteiger partial charge on any atom is -0.386 e. The number of anilines is 1. The third-order valence-corrected chi connectivity index (χ3v) is 5.17. The zero-order valence-corrected chi connectivity index (χ0v) is 14.2. The highest BCUT2D eigenvalue weighted by molar-refractivity contribution is 7.15. The molecule has 3 aromatic rings. The smallest absolute Gasteiger partial charge is 0.269 e. The van der Waals surface area contributed by atoms with Gasteiger partial charge in [-0.15, -0.1) is 22.7 Å². The molecule has 3 rings (SSSR count). The van der Waals surface area contributed by atoms with Crippen LogP contribution in [0.25, 0.3) is 11.3 Å². The van der Waals surface area contributed by atoms with Crippen LogP contribution in [0.5, 0.6) is 0 Å². The Balaban J connectivity index is 1.76. The van der Waals surface area contributed by atoms with Gasteiger partial charge in [-0.1, -0.05) is 24.3 Å². The molecule has 0 unspecified atom stereocenters. The van der Waals surface area contributed by atoms with Gasteiger partial charge < -0.3 is 5.11 Å². The number of nitrogens with one attached hydrogen (secondary N) is 1. The van der Waals surface area contributed by atoms with Crippen LogP contribution in [0.3, 0.4) is 0 Å². The van der Waals surface area contributed by atoms with Crippen LogP contribution in [0.2, 0.25) is 0 Å². The molecule has 0 bridgehead atoms. The number of carbonyl (C=O) groups excluding carboxylic acids is 1. The summed E-state index contributed by atoms with van der Waals surface area (Å²) >= 11 is 2.56. The second kappa shape index (κ2) is 6.57. The predicted octanol–water partition coefficient (Wildman–Crippen LogP) is 3.88. The third-order valence-electron chi connectivity index (χ3n) is 3.25. The number of aliphatic hydroxyl groups is 1. The van der Waals surface area contributed by atoms with Crippen LogP contribution in [0, 0.1) is 6.92 Å². The Kier molecular flexibility index (Phi) is 4.51. The van der Waals surface area contributed by atoms with Crippen molar-refractivity contribution in [2.24, 2.45) is 0 Å². The highest BCUT2D eigenvalue weighted by atomic mass is 32.1. The van der Waals surface area contributed by atoms with E-state index in [2.05, 4.69) is 15.3 Å². The van der Waals surface area contributed by atoms with Crippen molar-refractivity contribution in [2.45, 2.75) is 20.0 Å². The summed E-state index contributed by atoms with van der Waals surface area (Å²) < 4.78 is 0. The van der Waals surface area contributed by atoms with E-state index >= 15 is 0 Å². The molecule has 0 radical (unpaired) electrons. The summed E-state index contributed by atoms with van der Waals surface area (Å²) in [5.41, 5.74) is 3.04. The van der Waals surface area contributed by atoms with E-state index in [1.54, 1.807) is 6.92 Å². The fourth-order valence-corrected chi connectivity index (χ4v) is 3.52. The second-order valence-electron chi connectivity index (χ2n) is 5.05. The largest absolute Gasteiger partial charge is 0.386 e. The summed E-state index contributed by atoms with van der Waals surface area (Å²) in [5, 5.41) is 15.2. The topological polar surface area (TPSA) is 75.1 Å². The molecule has 0 saturated carbocycles. The molecule has 23 heavy (non-hydrogen) atoms. The number of benzene rings is 1. The summed E-state index contributed by atoms with van der Waals surface area (Å²) in [5.74, 6) is -0.264. The normalized spacial score (nSPS) is 12.1. The zero-order chi connectivity index (χ0) is 16.4. The first-order chi connectivity index (χ1) is 11.0. The van der Waals surface area contributed by atoms with Gasteiger partial charge in [0, 0.05) is 10.9 Å². The molecular weight excluding hydrogens is 330 g/mol. The first-order valence-corrected chi connectivity index (χ1v) is 8.71. The van der Waals surface area contributed by atoms with Gasteiger partial charge in [-0.05, 0) is 19.4 Å². The molecule has 2 N–H and O–H groups in total. The van der Waals surface area contributed by atoms with Crippen LogP contribution < -0.4 is 5.32 Å². The molecule has 1 amide bonds.